The molecule has 0 amide bonds. The lowest BCUT2D eigenvalue weighted by atomic mass is 10.1. The highest BCUT2D eigenvalue weighted by Gasteiger charge is 2.09. The van der Waals surface area contributed by atoms with Crippen molar-refractivity contribution in [3.63, 3.8) is 0 Å². The van der Waals surface area contributed by atoms with Gasteiger partial charge in [0, 0.05) is 12.1 Å². The monoisotopic (exact) mass is 291 g/mol. The molecule has 0 aliphatic rings. The molecular weight excluding hydrogens is 276 g/mol. The SMILES string of the molecule is Cc1ccc(NCc2ccc(F)cc2C(N)=NO)c(F)c1. The first-order valence-corrected chi connectivity index (χ1v) is 6.27. The fourth-order valence-corrected chi connectivity index (χ4v) is 1.95. The normalized spacial score (nSPS) is 11.5. The number of nitrogens with one attached hydrogen (secondary N) is 1. The molecule has 2 rings (SSSR count). The van der Waals surface area contributed by atoms with Gasteiger partial charge in [0.05, 0.1) is 5.69 Å². The van der Waals surface area contributed by atoms with Crippen LogP contribution < -0.4 is 11.1 Å². The maximum atomic E-state index is 13.7. The lowest BCUT2D eigenvalue weighted by molar-refractivity contribution is 0.318. The van der Waals surface area contributed by atoms with Crippen molar-refractivity contribution >= 4 is 11.5 Å². The van der Waals surface area contributed by atoms with Crippen molar-refractivity contribution in [2.75, 3.05) is 5.32 Å². The maximum Gasteiger partial charge on any atom is 0.170 e. The zero-order valence-electron chi connectivity index (χ0n) is 11.4. The largest absolute Gasteiger partial charge is 0.409 e. The summed E-state index contributed by atoms with van der Waals surface area (Å²) < 4.78 is 27.0. The molecule has 4 N–H and O–H groups in total. The number of aryl methyl sites for hydroxylation is 1. The van der Waals surface area contributed by atoms with Gasteiger partial charge in [0.2, 0.25) is 0 Å². The Hall–Kier alpha value is -2.63. The molecule has 0 bridgehead atoms. The molecule has 0 unspecified atom stereocenters. The second-order valence-corrected chi connectivity index (χ2v) is 4.62. The number of oxime groups is 1. The fourth-order valence-electron chi connectivity index (χ4n) is 1.95. The third kappa shape index (κ3) is 3.47. The zero-order valence-corrected chi connectivity index (χ0v) is 11.4. The predicted molar refractivity (Wildman–Crippen MR) is 77.4 cm³/mol. The van der Waals surface area contributed by atoms with Crippen LogP contribution in [-0.2, 0) is 6.54 Å². The van der Waals surface area contributed by atoms with Crippen molar-refractivity contribution in [1.29, 1.82) is 0 Å². The molecule has 0 aliphatic heterocycles. The van der Waals surface area contributed by atoms with E-state index in [1.165, 1.54) is 18.2 Å². The van der Waals surface area contributed by atoms with Gasteiger partial charge in [0.25, 0.3) is 0 Å². The first-order valence-electron chi connectivity index (χ1n) is 6.27. The van der Waals surface area contributed by atoms with E-state index >= 15 is 0 Å². The number of anilines is 1. The lowest BCUT2D eigenvalue weighted by Gasteiger charge is -2.12. The molecule has 4 nitrogen and oxygen atoms in total. The Kier molecular flexibility index (Phi) is 4.37. The van der Waals surface area contributed by atoms with Crippen LogP contribution in [0.2, 0.25) is 0 Å². The summed E-state index contributed by atoms with van der Waals surface area (Å²) in [6.07, 6.45) is 0. The molecule has 0 spiro atoms. The highest BCUT2D eigenvalue weighted by molar-refractivity contribution is 5.98. The summed E-state index contributed by atoms with van der Waals surface area (Å²) in [4.78, 5) is 0. The van der Waals surface area contributed by atoms with Gasteiger partial charge >= 0.3 is 0 Å². The van der Waals surface area contributed by atoms with Gasteiger partial charge in [-0.2, -0.15) is 0 Å². The molecule has 0 atom stereocenters. The minimum atomic E-state index is -0.498. The van der Waals surface area contributed by atoms with Crippen LogP contribution in [0.15, 0.2) is 41.6 Å². The predicted octanol–water partition coefficient (Wildman–Crippen LogP) is 2.98. The van der Waals surface area contributed by atoms with Crippen LogP contribution in [0.5, 0.6) is 0 Å². The van der Waals surface area contributed by atoms with Crippen LogP contribution in [0.3, 0.4) is 0 Å². The van der Waals surface area contributed by atoms with Crippen molar-refractivity contribution < 1.29 is 14.0 Å². The highest BCUT2D eigenvalue weighted by Crippen LogP contribution is 2.18. The molecule has 0 fully saturated rings. The molecule has 0 aliphatic carbocycles. The van der Waals surface area contributed by atoms with E-state index in [1.54, 1.807) is 19.1 Å². The van der Waals surface area contributed by atoms with Gasteiger partial charge in [-0.15, -0.1) is 0 Å². The smallest absolute Gasteiger partial charge is 0.170 e. The van der Waals surface area contributed by atoms with Crippen LogP contribution in [0.4, 0.5) is 14.5 Å². The number of amidine groups is 1. The average Bonchev–Trinajstić information content (AvgIpc) is 2.46. The van der Waals surface area contributed by atoms with Crippen molar-refractivity contribution in [3.05, 3.63) is 64.7 Å². The molecule has 0 heterocycles. The standard InChI is InChI=1S/C15H15F2N3O/c1-9-2-5-14(13(17)6-9)19-8-10-3-4-11(16)7-12(10)15(18)20-21/h2-7,19,21H,8H2,1H3,(H2,18,20). The van der Waals surface area contributed by atoms with Gasteiger partial charge in [0.1, 0.15) is 11.6 Å². The van der Waals surface area contributed by atoms with Gasteiger partial charge in [-0.25, -0.2) is 8.78 Å². The zero-order chi connectivity index (χ0) is 15.4. The summed E-state index contributed by atoms with van der Waals surface area (Å²) >= 11 is 0. The third-order valence-corrected chi connectivity index (χ3v) is 3.05. The Bertz CT molecular complexity index is 687. The highest BCUT2D eigenvalue weighted by atomic mass is 19.1. The summed E-state index contributed by atoms with van der Waals surface area (Å²) in [5.74, 6) is -1.07. The minimum Gasteiger partial charge on any atom is -0.409 e. The van der Waals surface area contributed by atoms with E-state index < -0.39 is 5.82 Å². The first-order chi connectivity index (χ1) is 10.0. The number of nitrogens with zero attached hydrogens (tertiary/aromatic N) is 1. The molecule has 21 heavy (non-hydrogen) atoms. The number of hydrogen-bond donors (Lipinski definition) is 3. The topological polar surface area (TPSA) is 70.6 Å². The van der Waals surface area contributed by atoms with Gasteiger partial charge in [-0.1, -0.05) is 17.3 Å². The van der Waals surface area contributed by atoms with Crippen LogP contribution in [0.1, 0.15) is 16.7 Å². The number of nitrogens with two attached hydrogens (primary N) is 1. The summed E-state index contributed by atoms with van der Waals surface area (Å²) in [6, 6.07) is 8.74. The van der Waals surface area contributed by atoms with Crippen LogP contribution in [0.25, 0.3) is 0 Å². The first kappa shape index (κ1) is 14.8. The van der Waals surface area contributed by atoms with Crippen molar-refractivity contribution in [2.45, 2.75) is 13.5 Å². The molecule has 0 saturated heterocycles. The van der Waals surface area contributed by atoms with Gasteiger partial charge < -0.3 is 16.3 Å². The Morgan fingerprint density at radius 3 is 2.67 bits per heavy atom. The van der Waals surface area contributed by atoms with Crippen molar-refractivity contribution in [2.24, 2.45) is 10.9 Å². The molecule has 110 valence electrons. The minimum absolute atomic E-state index is 0.198. The van der Waals surface area contributed by atoms with Crippen LogP contribution in [-0.4, -0.2) is 11.0 Å². The van der Waals surface area contributed by atoms with Crippen molar-refractivity contribution in [1.82, 2.24) is 0 Å². The van der Waals surface area contributed by atoms with E-state index in [0.29, 0.717) is 11.3 Å². The van der Waals surface area contributed by atoms with E-state index in [-0.39, 0.29) is 23.8 Å². The van der Waals surface area contributed by atoms with Gasteiger partial charge in [0.15, 0.2) is 5.84 Å². The molecule has 2 aromatic carbocycles. The average molecular weight is 291 g/mol. The number of halogens is 2. The quantitative estimate of drug-likeness (QED) is 0.351. The molecule has 6 heteroatoms. The van der Waals surface area contributed by atoms with Crippen LogP contribution >= 0.6 is 0 Å². The molecule has 0 aromatic heterocycles. The van der Waals surface area contributed by atoms with E-state index in [9.17, 15) is 8.78 Å². The second-order valence-electron chi connectivity index (χ2n) is 4.62. The fraction of sp³-hybridized carbons (Fsp3) is 0.133. The van der Waals surface area contributed by atoms with E-state index in [2.05, 4.69) is 10.5 Å². The summed E-state index contributed by atoms with van der Waals surface area (Å²) in [5, 5.41) is 14.5. The number of benzene rings is 2. The molecular formula is C15H15F2N3O. The lowest BCUT2D eigenvalue weighted by Crippen LogP contribution is -2.17. The Morgan fingerprint density at radius 1 is 1.24 bits per heavy atom. The second kappa shape index (κ2) is 6.21. The van der Waals surface area contributed by atoms with E-state index in [1.807, 2.05) is 0 Å². The Balaban J connectivity index is 2.24. The molecule has 0 radical (unpaired) electrons. The summed E-state index contributed by atoms with van der Waals surface area (Å²) in [7, 11) is 0. The van der Waals surface area contributed by atoms with Gasteiger partial charge in [-0.3, -0.25) is 0 Å². The molecule has 0 saturated carbocycles. The van der Waals surface area contributed by atoms with Gasteiger partial charge in [-0.05, 0) is 42.3 Å². The maximum absolute atomic E-state index is 13.7. The number of rotatable bonds is 4. The Morgan fingerprint density at radius 2 is 2.00 bits per heavy atom. The molecule has 2 aromatic rings. The summed E-state index contributed by atoms with van der Waals surface area (Å²) in [5.41, 5.74) is 7.51. The van der Waals surface area contributed by atoms with E-state index in [0.717, 1.165) is 11.6 Å². The van der Waals surface area contributed by atoms with Crippen molar-refractivity contribution in [3.8, 4) is 0 Å². The number of hydrogen-bond acceptors (Lipinski definition) is 3. The van der Waals surface area contributed by atoms with Crippen LogP contribution in [0, 0.1) is 18.6 Å². The summed E-state index contributed by atoms with van der Waals surface area (Å²) in [6.45, 7) is 2.01. The third-order valence-electron chi connectivity index (χ3n) is 3.05. The Labute approximate surface area is 120 Å². The van der Waals surface area contributed by atoms with E-state index in [4.69, 9.17) is 10.9 Å².